The second-order valence-corrected chi connectivity index (χ2v) is 11.4. The fourth-order valence-corrected chi connectivity index (χ4v) is 6.34. The highest BCUT2D eigenvalue weighted by Crippen LogP contribution is 2.45. The number of fused-ring (bicyclic) bond motifs is 1. The van der Waals surface area contributed by atoms with Crippen LogP contribution < -0.4 is 10.2 Å². The Balaban J connectivity index is 1.58. The number of ether oxygens (including phenoxy) is 2. The van der Waals surface area contributed by atoms with Gasteiger partial charge < -0.3 is 19.7 Å². The Bertz CT molecular complexity index is 1410. The maximum Gasteiger partial charge on any atom is 0.325 e. The number of halogens is 2. The number of nitrogens with zero attached hydrogens (tertiary/aromatic N) is 2. The zero-order valence-electron chi connectivity index (χ0n) is 22.9. The molecule has 0 radical (unpaired) electrons. The maximum absolute atomic E-state index is 13.9. The molecular formula is C31H33Cl2N3O4. The normalized spacial score (nSPS) is 21.3. The molecule has 5 rings (SSSR count). The van der Waals surface area contributed by atoms with Crippen LogP contribution in [0.3, 0.4) is 0 Å². The molecule has 2 atom stereocenters. The van der Waals surface area contributed by atoms with Crippen molar-refractivity contribution in [1.29, 1.82) is 0 Å². The van der Waals surface area contributed by atoms with Crippen LogP contribution in [-0.2, 0) is 19.7 Å². The van der Waals surface area contributed by atoms with Crippen molar-refractivity contribution < 1.29 is 19.1 Å². The summed E-state index contributed by atoms with van der Waals surface area (Å²) in [6.07, 6.45) is 12.9. The molecule has 1 N–H and O–H groups in total. The minimum absolute atomic E-state index is 0.0184. The average molecular weight is 583 g/mol. The Morgan fingerprint density at radius 1 is 1.20 bits per heavy atom. The lowest BCUT2D eigenvalue weighted by molar-refractivity contribution is -0.141. The fourth-order valence-electron chi connectivity index (χ4n) is 5.81. The summed E-state index contributed by atoms with van der Waals surface area (Å²) in [6.45, 7) is 4.65. The topological polar surface area (TPSA) is 80.8 Å². The summed E-state index contributed by atoms with van der Waals surface area (Å²) >= 11 is 12.8. The van der Waals surface area contributed by atoms with E-state index in [2.05, 4.69) is 24.4 Å². The molecule has 0 saturated heterocycles. The van der Waals surface area contributed by atoms with Crippen LogP contribution in [0, 0.1) is 0 Å². The molecule has 3 aliphatic rings. The molecule has 40 heavy (non-hydrogen) atoms. The van der Waals surface area contributed by atoms with Gasteiger partial charge in [0.2, 0.25) is 0 Å². The third kappa shape index (κ3) is 5.50. The SMILES string of the molecule is CCOC(=O)CN(C)c1c(C(=O)N[C@H]2CCOC3=C2CCC=C3)cnc2c1C=CCC2(C)c1cc(Cl)cc(Cl)c1. The predicted octanol–water partition coefficient (Wildman–Crippen LogP) is 6.23. The highest BCUT2D eigenvalue weighted by Gasteiger charge is 2.37. The standard InChI is InChI=1S/C31H33Cl2N3O4/c1-4-39-27(37)18-36(3)28-23-9-7-12-31(2,19-14-20(32)16-21(33)15-19)29(23)34-17-24(28)30(38)35-25-11-13-40-26-10-6-5-8-22(25)26/h6-7,9-10,14-17,25H,4-5,8,11-13,18H2,1-3H3,(H,35,38)/t25-,31?/m0/s1. The van der Waals surface area contributed by atoms with Gasteiger partial charge in [-0.05, 0) is 68.5 Å². The molecule has 0 fully saturated rings. The lowest BCUT2D eigenvalue weighted by atomic mass is 9.72. The summed E-state index contributed by atoms with van der Waals surface area (Å²) in [5.41, 5.74) is 4.05. The fraction of sp³-hybridized carbons (Fsp3) is 0.387. The minimum atomic E-state index is -0.554. The third-order valence-electron chi connectivity index (χ3n) is 7.78. The molecule has 0 bridgehead atoms. The molecule has 0 spiro atoms. The molecule has 2 aromatic rings. The zero-order chi connectivity index (χ0) is 28.4. The molecule has 1 unspecified atom stereocenters. The van der Waals surface area contributed by atoms with Crippen molar-refractivity contribution in [1.82, 2.24) is 10.3 Å². The third-order valence-corrected chi connectivity index (χ3v) is 8.21. The van der Waals surface area contributed by atoms with Crippen LogP contribution in [0.2, 0.25) is 10.0 Å². The molecule has 210 valence electrons. The Labute approximate surface area is 244 Å². The van der Waals surface area contributed by atoms with Gasteiger partial charge in [0.05, 0.1) is 36.2 Å². The molecule has 2 heterocycles. The average Bonchev–Trinajstić information content (AvgIpc) is 2.92. The number of hydrogen-bond acceptors (Lipinski definition) is 6. The van der Waals surface area contributed by atoms with E-state index in [-0.39, 0.29) is 31.1 Å². The molecule has 0 saturated carbocycles. The van der Waals surface area contributed by atoms with E-state index in [9.17, 15) is 9.59 Å². The molecule has 1 aliphatic heterocycles. The van der Waals surface area contributed by atoms with Crippen molar-refractivity contribution in [3.63, 3.8) is 0 Å². The summed E-state index contributed by atoms with van der Waals surface area (Å²) in [6, 6.07) is 5.37. The van der Waals surface area contributed by atoms with Crippen molar-refractivity contribution in [2.24, 2.45) is 0 Å². The van der Waals surface area contributed by atoms with Gasteiger partial charge in [-0.15, -0.1) is 0 Å². The van der Waals surface area contributed by atoms with Crippen molar-refractivity contribution in [3.05, 3.63) is 86.4 Å². The number of nitrogens with one attached hydrogen (secondary N) is 1. The Morgan fingerprint density at radius 3 is 2.73 bits per heavy atom. The summed E-state index contributed by atoms with van der Waals surface area (Å²) in [5.74, 6) is 0.227. The second kappa shape index (κ2) is 11.7. The van der Waals surface area contributed by atoms with Crippen LogP contribution >= 0.6 is 23.2 Å². The summed E-state index contributed by atoms with van der Waals surface area (Å²) in [7, 11) is 1.79. The number of hydrogen-bond donors (Lipinski definition) is 1. The predicted molar refractivity (Wildman–Crippen MR) is 158 cm³/mol. The van der Waals surface area contributed by atoms with Gasteiger partial charge >= 0.3 is 5.97 Å². The lowest BCUT2D eigenvalue weighted by Crippen LogP contribution is -2.41. The summed E-state index contributed by atoms with van der Waals surface area (Å²) in [4.78, 5) is 33.1. The molecule has 1 amide bonds. The van der Waals surface area contributed by atoms with E-state index in [4.69, 9.17) is 37.7 Å². The van der Waals surface area contributed by atoms with E-state index in [0.717, 1.165) is 41.0 Å². The number of pyridine rings is 1. The minimum Gasteiger partial charge on any atom is -0.493 e. The van der Waals surface area contributed by atoms with Gasteiger partial charge in [-0.1, -0.05) is 41.4 Å². The number of aromatic nitrogens is 1. The van der Waals surface area contributed by atoms with Crippen molar-refractivity contribution in [3.8, 4) is 0 Å². The molecule has 9 heteroatoms. The first-order chi connectivity index (χ1) is 19.2. The number of esters is 1. The number of carbonyl (C=O) groups excluding carboxylic acids is 2. The lowest BCUT2D eigenvalue weighted by Gasteiger charge is -2.36. The maximum atomic E-state index is 13.9. The first-order valence-corrected chi connectivity index (χ1v) is 14.3. The second-order valence-electron chi connectivity index (χ2n) is 10.5. The van der Waals surface area contributed by atoms with E-state index >= 15 is 0 Å². The largest absolute Gasteiger partial charge is 0.493 e. The number of rotatable bonds is 7. The van der Waals surface area contributed by atoms with Crippen LogP contribution in [0.5, 0.6) is 0 Å². The van der Waals surface area contributed by atoms with E-state index < -0.39 is 5.41 Å². The zero-order valence-corrected chi connectivity index (χ0v) is 24.4. The van der Waals surface area contributed by atoms with Gasteiger partial charge in [0, 0.05) is 40.7 Å². The first kappa shape index (κ1) is 28.2. The summed E-state index contributed by atoms with van der Waals surface area (Å²) in [5, 5.41) is 4.31. The van der Waals surface area contributed by atoms with Crippen molar-refractivity contribution in [2.45, 2.75) is 51.0 Å². The molecule has 7 nitrogen and oxygen atoms in total. The van der Waals surface area contributed by atoms with E-state index in [0.29, 0.717) is 40.7 Å². The van der Waals surface area contributed by atoms with Crippen LogP contribution in [0.1, 0.15) is 66.7 Å². The monoisotopic (exact) mass is 581 g/mol. The number of allylic oxidation sites excluding steroid dienone is 3. The van der Waals surface area contributed by atoms with Crippen LogP contribution in [-0.4, -0.2) is 49.7 Å². The van der Waals surface area contributed by atoms with Gasteiger partial charge in [-0.2, -0.15) is 0 Å². The number of anilines is 1. The Kier molecular flexibility index (Phi) is 8.24. The van der Waals surface area contributed by atoms with Crippen LogP contribution in [0.4, 0.5) is 5.69 Å². The number of amides is 1. The van der Waals surface area contributed by atoms with E-state index in [1.54, 1.807) is 31.1 Å². The van der Waals surface area contributed by atoms with E-state index in [1.165, 1.54) is 0 Å². The molecular weight excluding hydrogens is 549 g/mol. The smallest absolute Gasteiger partial charge is 0.325 e. The number of benzene rings is 1. The Hall–Kier alpha value is -3.29. The van der Waals surface area contributed by atoms with E-state index in [1.807, 2.05) is 24.3 Å². The molecule has 1 aromatic carbocycles. The van der Waals surface area contributed by atoms with Gasteiger partial charge in [0.25, 0.3) is 5.91 Å². The van der Waals surface area contributed by atoms with Gasteiger partial charge in [-0.25, -0.2) is 0 Å². The van der Waals surface area contributed by atoms with Crippen LogP contribution in [0.25, 0.3) is 6.08 Å². The number of carbonyl (C=O) groups is 2. The Morgan fingerprint density at radius 2 is 1.98 bits per heavy atom. The summed E-state index contributed by atoms with van der Waals surface area (Å²) < 4.78 is 11.1. The quantitative estimate of drug-likeness (QED) is 0.390. The number of likely N-dealkylation sites (N-methyl/N-ethyl adjacent to an activating group) is 1. The van der Waals surface area contributed by atoms with Crippen molar-refractivity contribution in [2.75, 3.05) is 31.7 Å². The van der Waals surface area contributed by atoms with Gasteiger partial charge in [0.15, 0.2) is 0 Å². The van der Waals surface area contributed by atoms with Gasteiger partial charge in [-0.3, -0.25) is 14.6 Å². The highest BCUT2D eigenvalue weighted by atomic mass is 35.5. The highest BCUT2D eigenvalue weighted by molar-refractivity contribution is 6.34. The van der Waals surface area contributed by atoms with Crippen LogP contribution in [0.15, 0.2) is 54.0 Å². The van der Waals surface area contributed by atoms with Crippen molar-refractivity contribution >= 4 is 46.8 Å². The first-order valence-electron chi connectivity index (χ1n) is 13.6. The molecule has 1 aromatic heterocycles. The molecule has 2 aliphatic carbocycles. The van der Waals surface area contributed by atoms with Gasteiger partial charge in [0.1, 0.15) is 12.3 Å².